The van der Waals surface area contributed by atoms with Crippen molar-refractivity contribution in [3.05, 3.63) is 31.4 Å². The molecule has 1 rings (SSSR count). The van der Waals surface area contributed by atoms with Crippen LogP contribution < -0.4 is 4.74 Å². The highest BCUT2D eigenvalue weighted by molar-refractivity contribution is 7.98. The van der Waals surface area contributed by atoms with Crippen molar-refractivity contribution in [1.29, 1.82) is 0 Å². The van der Waals surface area contributed by atoms with Gasteiger partial charge in [-0.05, 0) is 18.4 Å². The first kappa shape index (κ1) is 9.92. The van der Waals surface area contributed by atoms with Crippen LogP contribution >= 0.6 is 11.8 Å². The molecular formula is C9H9O3S. The number of hydrogen-bond acceptors (Lipinski definition) is 4. The van der Waals surface area contributed by atoms with Crippen LogP contribution in [-0.2, 0) is 4.74 Å². The van der Waals surface area contributed by atoms with Gasteiger partial charge in [-0.2, -0.15) is 0 Å². The van der Waals surface area contributed by atoms with Crippen LogP contribution in [0.1, 0.15) is 0 Å². The molecule has 0 spiro atoms. The largest absolute Gasteiger partial charge is 0.514 e. The van der Waals surface area contributed by atoms with Crippen molar-refractivity contribution in [2.24, 2.45) is 0 Å². The zero-order valence-corrected chi connectivity index (χ0v) is 7.97. The number of benzene rings is 1. The normalized spacial score (nSPS) is 9.38. The Bertz CT molecular complexity index is 299. The lowest BCUT2D eigenvalue weighted by molar-refractivity contribution is 0.132. The molecule has 0 heterocycles. The van der Waals surface area contributed by atoms with E-state index in [9.17, 15) is 4.79 Å². The molecule has 0 atom stereocenters. The minimum Gasteiger partial charge on any atom is -0.430 e. The van der Waals surface area contributed by atoms with Crippen LogP contribution in [0.4, 0.5) is 4.79 Å². The van der Waals surface area contributed by atoms with Crippen LogP contribution in [0.3, 0.4) is 0 Å². The number of carbonyl (C=O) groups is 1. The molecule has 0 fully saturated rings. The van der Waals surface area contributed by atoms with Crippen LogP contribution in [-0.4, -0.2) is 12.4 Å². The highest BCUT2D eigenvalue weighted by Gasteiger charge is 2.06. The number of thioether (sulfide) groups is 1. The summed E-state index contributed by atoms with van der Waals surface area (Å²) in [5.74, 6) is 0.489. The first-order chi connectivity index (χ1) is 6.27. The molecule has 1 aromatic carbocycles. The van der Waals surface area contributed by atoms with Gasteiger partial charge < -0.3 is 9.47 Å². The smallest absolute Gasteiger partial charge is 0.430 e. The number of rotatable bonds is 2. The van der Waals surface area contributed by atoms with E-state index in [4.69, 9.17) is 4.74 Å². The van der Waals surface area contributed by atoms with Crippen LogP contribution in [0.25, 0.3) is 0 Å². The first-order valence-electron chi connectivity index (χ1n) is 3.54. The van der Waals surface area contributed by atoms with Gasteiger partial charge in [0.2, 0.25) is 0 Å². The lowest BCUT2D eigenvalue weighted by Gasteiger charge is -2.05. The Balaban J connectivity index is 2.81. The summed E-state index contributed by atoms with van der Waals surface area (Å²) < 4.78 is 8.97. The monoisotopic (exact) mass is 197 g/mol. The van der Waals surface area contributed by atoms with E-state index < -0.39 is 6.16 Å². The van der Waals surface area contributed by atoms with E-state index in [2.05, 4.69) is 11.8 Å². The fraction of sp³-hybridized carbons (Fsp3) is 0.111. The van der Waals surface area contributed by atoms with Crippen LogP contribution in [0.15, 0.2) is 29.2 Å². The predicted octanol–water partition coefficient (Wildman–Crippen LogP) is 2.72. The van der Waals surface area contributed by atoms with Crippen molar-refractivity contribution in [2.75, 3.05) is 6.26 Å². The van der Waals surface area contributed by atoms with Crippen molar-refractivity contribution < 1.29 is 14.3 Å². The SMILES string of the molecule is [CH2]OC(=O)Oc1ccccc1SC. The zero-order valence-electron chi connectivity index (χ0n) is 7.15. The quantitative estimate of drug-likeness (QED) is 0.415. The summed E-state index contributed by atoms with van der Waals surface area (Å²) in [6, 6.07) is 7.21. The third kappa shape index (κ3) is 2.66. The van der Waals surface area contributed by atoms with E-state index in [0.717, 1.165) is 4.90 Å². The van der Waals surface area contributed by atoms with Gasteiger partial charge in [-0.3, -0.25) is 0 Å². The Kier molecular flexibility index (Phi) is 3.64. The third-order valence-corrected chi connectivity index (χ3v) is 2.16. The highest BCUT2D eigenvalue weighted by Crippen LogP contribution is 2.26. The Hall–Kier alpha value is -1.16. The molecule has 0 saturated carbocycles. The van der Waals surface area contributed by atoms with E-state index in [1.54, 1.807) is 12.1 Å². The second-order valence-corrected chi connectivity index (χ2v) is 3.00. The van der Waals surface area contributed by atoms with Gasteiger partial charge in [0.1, 0.15) is 12.9 Å². The van der Waals surface area contributed by atoms with Gasteiger partial charge >= 0.3 is 6.16 Å². The fourth-order valence-electron chi connectivity index (χ4n) is 0.822. The van der Waals surface area contributed by atoms with Crippen LogP contribution in [0.2, 0.25) is 0 Å². The summed E-state index contributed by atoms with van der Waals surface area (Å²) in [7, 11) is 2.96. The molecule has 3 nitrogen and oxygen atoms in total. The van der Waals surface area contributed by atoms with Gasteiger partial charge in [0.25, 0.3) is 0 Å². The Morgan fingerprint density at radius 3 is 2.77 bits per heavy atom. The molecule has 0 aliphatic heterocycles. The Labute approximate surface area is 81.0 Å². The predicted molar refractivity (Wildman–Crippen MR) is 50.7 cm³/mol. The van der Waals surface area contributed by atoms with Crippen molar-refractivity contribution in [2.45, 2.75) is 4.90 Å². The molecule has 0 aliphatic rings. The topological polar surface area (TPSA) is 35.5 Å². The summed E-state index contributed by atoms with van der Waals surface area (Å²) in [5.41, 5.74) is 0. The van der Waals surface area contributed by atoms with E-state index in [0.29, 0.717) is 5.75 Å². The fourth-order valence-corrected chi connectivity index (χ4v) is 1.35. The number of para-hydroxylation sites is 1. The molecule has 69 valence electrons. The van der Waals surface area contributed by atoms with E-state index in [1.807, 2.05) is 18.4 Å². The summed E-state index contributed by atoms with van der Waals surface area (Å²) in [6.07, 6.45) is 1.10. The molecule has 1 aromatic rings. The van der Waals surface area contributed by atoms with E-state index in [1.165, 1.54) is 11.8 Å². The van der Waals surface area contributed by atoms with Gasteiger partial charge in [-0.25, -0.2) is 4.79 Å². The molecule has 0 amide bonds. The summed E-state index contributed by atoms with van der Waals surface area (Å²) in [4.78, 5) is 11.6. The first-order valence-corrected chi connectivity index (χ1v) is 4.77. The molecular weight excluding hydrogens is 188 g/mol. The van der Waals surface area contributed by atoms with Gasteiger partial charge in [0, 0.05) is 0 Å². The summed E-state index contributed by atoms with van der Waals surface area (Å²) >= 11 is 1.49. The molecule has 0 aromatic heterocycles. The summed E-state index contributed by atoms with van der Waals surface area (Å²) in [6.45, 7) is 0. The standard InChI is InChI=1S/C9H9O3S/c1-11-9(10)12-7-5-3-4-6-8(7)13-2/h3-6H,1H2,2H3. The third-order valence-electron chi connectivity index (χ3n) is 1.38. The highest BCUT2D eigenvalue weighted by atomic mass is 32.2. The van der Waals surface area contributed by atoms with Crippen molar-refractivity contribution in [3.63, 3.8) is 0 Å². The Morgan fingerprint density at radius 2 is 2.15 bits per heavy atom. The van der Waals surface area contributed by atoms with Gasteiger partial charge in [-0.15, -0.1) is 11.8 Å². The van der Waals surface area contributed by atoms with Gasteiger partial charge in [0.15, 0.2) is 0 Å². The number of hydrogen-bond donors (Lipinski definition) is 0. The van der Waals surface area contributed by atoms with E-state index in [-0.39, 0.29) is 0 Å². The van der Waals surface area contributed by atoms with Crippen LogP contribution in [0, 0.1) is 7.11 Å². The maximum Gasteiger partial charge on any atom is 0.514 e. The maximum absolute atomic E-state index is 10.7. The molecule has 0 N–H and O–H groups in total. The molecule has 0 aliphatic carbocycles. The minimum atomic E-state index is -0.804. The summed E-state index contributed by atoms with van der Waals surface area (Å²) in [5, 5.41) is 0. The minimum absolute atomic E-state index is 0.489. The number of ether oxygens (including phenoxy) is 2. The molecule has 0 saturated heterocycles. The second kappa shape index (κ2) is 4.77. The van der Waals surface area contributed by atoms with Crippen molar-refractivity contribution in [1.82, 2.24) is 0 Å². The van der Waals surface area contributed by atoms with Crippen molar-refractivity contribution >= 4 is 17.9 Å². The van der Waals surface area contributed by atoms with Gasteiger partial charge in [-0.1, -0.05) is 12.1 Å². The second-order valence-electron chi connectivity index (χ2n) is 2.15. The maximum atomic E-state index is 10.7. The lowest BCUT2D eigenvalue weighted by atomic mass is 10.3. The average molecular weight is 197 g/mol. The number of carbonyl (C=O) groups excluding carboxylic acids is 1. The molecule has 4 heteroatoms. The van der Waals surface area contributed by atoms with E-state index >= 15 is 0 Å². The molecule has 1 radical (unpaired) electrons. The molecule has 0 bridgehead atoms. The van der Waals surface area contributed by atoms with Gasteiger partial charge in [0.05, 0.1) is 4.90 Å². The zero-order chi connectivity index (χ0) is 9.68. The average Bonchev–Trinajstić information content (AvgIpc) is 2.18. The molecule has 0 unspecified atom stereocenters. The Morgan fingerprint density at radius 1 is 1.46 bits per heavy atom. The van der Waals surface area contributed by atoms with Crippen LogP contribution in [0.5, 0.6) is 5.75 Å². The van der Waals surface area contributed by atoms with Crippen molar-refractivity contribution in [3.8, 4) is 5.75 Å². The lowest BCUT2D eigenvalue weighted by Crippen LogP contribution is -2.06. The molecule has 13 heavy (non-hydrogen) atoms.